The summed E-state index contributed by atoms with van der Waals surface area (Å²) in [6, 6.07) is 20.4. The minimum atomic E-state index is -0.324. The van der Waals surface area contributed by atoms with Gasteiger partial charge in [0.1, 0.15) is 17.3 Å². The third-order valence-corrected chi connectivity index (χ3v) is 4.15. The molecule has 2 aromatic carbocycles. The summed E-state index contributed by atoms with van der Waals surface area (Å²) in [5.41, 5.74) is 2.80. The van der Waals surface area contributed by atoms with Crippen molar-refractivity contribution in [3.8, 4) is 11.4 Å². The lowest BCUT2D eigenvalue weighted by Gasteiger charge is -2.10. The summed E-state index contributed by atoms with van der Waals surface area (Å²) in [4.78, 5) is 21.8. The van der Waals surface area contributed by atoms with Crippen molar-refractivity contribution in [2.75, 3.05) is 10.6 Å². The number of hydrogen-bond acceptors (Lipinski definition) is 6. The molecule has 0 saturated heterocycles. The molecule has 2 N–H and O–H groups in total. The van der Waals surface area contributed by atoms with E-state index in [1.807, 2.05) is 61.5 Å². The Balaban J connectivity index is 1.69. The number of benzene rings is 2. The molecule has 4 rings (SSSR count). The third-order valence-electron chi connectivity index (χ3n) is 4.15. The van der Waals surface area contributed by atoms with Gasteiger partial charge in [-0.25, -0.2) is 9.97 Å². The molecule has 1 amide bonds. The molecule has 2 heterocycles. The average molecular weight is 385 g/mol. The van der Waals surface area contributed by atoms with E-state index in [1.54, 1.807) is 19.1 Å². The van der Waals surface area contributed by atoms with Crippen molar-refractivity contribution in [1.29, 1.82) is 0 Å². The molecule has 0 atom stereocenters. The molecule has 29 heavy (non-hydrogen) atoms. The van der Waals surface area contributed by atoms with Gasteiger partial charge < -0.3 is 15.2 Å². The van der Waals surface area contributed by atoms with Crippen molar-refractivity contribution in [2.24, 2.45) is 0 Å². The van der Waals surface area contributed by atoms with Gasteiger partial charge in [0.2, 0.25) is 0 Å². The summed E-state index contributed by atoms with van der Waals surface area (Å²) >= 11 is 0. The number of carbonyl (C=O) groups is 1. The van der Waals surface area contributed by atoms with Crippen molar-refractivity contribution in [2.45, 2.75) is 13.8 Å². The molecule has 0 radical (unpaired) electrons. The van der Waals surface area contributed by atoms with E-state index in [4.69, 9.17) is 4.52 Å². The lowest BCUT2D eigenvalue weighted by Crippen LogP contribution is -2.15. The molecule has 0 aliphatic heterocycles. The van der Waals surface area contributed by atoms with Gasteiger partial charge in [-0.2, -0.15) is 0 Å². The first kappa shape index (κ1) is 18.4. The van der Waals surface area contributed by atoms with Gasteiger partial charge in [0, 0.05) is 23.4 Å². The summed E-state index contributed by atoms with van der Waals surface area (Å²) in [7, 11) is 0. The van der Waals surface area contributed by atoms with Crippen LogP contribution >= 0.6 is 0 Å². The van der Waals surface area contributed by atoms with Gasteiger partial charge in [0.15, 0.2) is 11.6 Å². The van der Waals surface area contributed by atoms with E-state index in [0.717, 1.165) is 11.1 Å². The van der Waals surface area contributed by atoms with E-state index in [2.05, 4.69) is 25.8 Å². The zero-order valence-electron chi connectivity index (χ0n) is 16.0. The van der Waals surface area contributed by atoms with Gasteiger partial charge in [0.05, 0.1) is 0 Å². The molecule has 4 aromatic rings. The SMILES string of the molecule is Cc1cccc(NC(=O)c2cc(Nc3cc(C)on3)nc(-c3ccccc3)n2)c1. The van der Waals surface area contributed by atoms with Crippen molar-refractivity contribution < 1.29 is 9.32 Å². The molecule has 7 nitrogen and oxygen atoms in total. The molecular weight excluding hydrogens is 366 g/mol. The molecule has 144 valence electrons. The van der Waals surface area contributed by atoms with E-state index in [1.165, 1.54) is 0 Å². The molecule has 0 fully saturated rings. The van der Waals surface area contributed by atoms with E-state index in [0.29, 0.717) is 28.9 Å². The van der Waals surface area contributed by atoms with Crippen LogP contribution in [0.5, 0.6) is 0 Å². The zero-order valence-corrected chi connectivity index (χ0v) is 16.0. The second-order valence-electron chi connectivity index (χ2n) is 6.60. The maximum atomic E-state index is 12.9. The van der Waals surface area contributed by atoms with Crippen LogP contribution in [0.2, 0.25) is 0 Å². The molecule has 0 bridgehead atoms. The van der Waals surface area contributed by atoms with Gasteiger partial charge in [0.25, 0.3) is 5.91 Å². The monoisotopic (exact) mass is 385 g/mol. The molecule has 0 aliphatic carbocycles. The van der Waals surface area contributed by atoms with Crippen LogP contribution in [0.1, 0.15) is 21.8 Å². The fourth-order valence-electron chi connectivity index (χ4n) is 2.82. The number of nitrogens with zero attached hydrogens (tertiary/aromatic N) is 3. The first-order valence-corrected chi connectivity index (χ1v) is 9.10. The normalized spacial score (nSPS) is 10.6. The molecule has 0 aliphatic rings. The molecule has 0 spiro atoms. The number of rotatable bonds is 5. The lowest BCUT2D eigenvalue weighted by molar-refractivity contribution is 0.102. The molecular formula is C22H19N5O2. The molecule has 0 unspecified atom stereocenters. The van der Waals surface area contributed by atoms with Gasteiger partial charge in [-0.05, 0) is 31.5 Å². The second-order valence-corrected chi connectivity index (χ2v) is 6.60. The van der Waals surface area contributed by atoms with E-state index in [-0.39, 0.29) is 11.6 Å². The van der Waals surface area contributed by atoms with E-state index >= 15 is 0 Å². The minimum absolute atomic E-state index is 0.239. The first-order chi connectivity index (χ1) is 14.1. The van der Waals surface area contributed by atoms with Crippen LogP contribution in [0.25, 0.3) is 11.4 Å². The highest BCUT2D eigenvalue weighted by Gasteiger charge is 2.14. The molecule has 7 heteroatoms. The molecule has 2 aromatic heterocycles. The fourth-order valence-corrected chi connectivity index (χ4v) is 2.82. The quantitative estimate of drug-likeness (QED) is 0.515. The Kier molecular flexibility index (Phi) is 5.03. The largest absolute Gasteiger partial charge is 0.360 e. The summed E-state index contributed by atoms with van der Waals surface area (Å²) < 4.78 is 5.08. The second kappa shape index (κ2) is 7.93. The predicted octanol–water partition coefficient (Wildman–Crippen LogP) is 4.74. The average Bonchev–Trinajstić information content (AvgIpc) is 3.13. The number of nitrogens with one attached hydrogen (secondary N) is 2. The summed E-state index contributed by atoms with van der Waals surface area (Å²) in [5, 5.41) is 9.87. The number of carbonyl (C=O) groups excluding carboxylic acids is 1. The van der Waals surface area contributed by atoms with Gasteiger partial charge in [-0.3, -0.25) is 4.79 Å². The van der Waals surface area contributed by atoms with Crippen LogP contribution in [-0.2, 0) is 0 Å². The zero-order chi connectivity index (χ0) is 20.2. The van der Waals surface area contributed by atoms with E-state index < -0.39 is 0 Å². The van der Waals surface area contributed by atoms with Crippen LogP contribution in [0.15, 0.2) is 71.3 Å². The van der Waals surface area contributed by atoms with Crippen LogP contribution in [0, 0.1) is 13.8 Å². The number of anilines is 3. The van der Waals surface area contributed by atoms with Crippen LogP contribution in [-0.4, -0.2) is 21.0 Å². The Bertz CT molecular complexity index is 1150. The number of hydrogen-bond donors (Lipinski definition) is 2. The molecule has 0 saturated carbocycles. The Morgan fingerprint density at radius 1 is 0.897 bits per heavy atom. The van der Waals surface area contributed by atoms with Crippen molar-refractivity contribution in [3.05, 3.63) is 83.7 Å². The number of aryl methyl sites for hydroxylation is 2. The minimum Gasteiger partial charge on any atom is -0.360 e. The van der Waals surface area contributed by atoms with Crippen LogP contribution in [0.4, 0.5) is 17.3 Å². The Hall–Kier alpha value is -4.00. The van der Waals surface area contributed by atoms with Crippen molar-refractivity contribution in [1.82, 2.24) is 15.1 Å². The first-order valence-electron chi connectivity index (χ1n) is 9.10. The maximum absolute atomic E-state index is 12.9. The topological polar surface area (TPSA) is 92.9 Å². The Morgan fingerprint density at radius 2 is 1.72 bits per heavy atom. The third kappa shape index (κ3) is 4.47. The summed E-state index contributed by atoms with van der Waals surface area (Å²) in [6.07, 6.45) is 0. The Labute approximate surface area is 167 Å². The standard InChI is InChI=1S/C22H19N5O2/c1-14-7-6-10-17(11-14)23-22(28)18-13-19(25-20-12-15(2)29-27-20)26-21(24-18)16-8-4-3-5-9-16/h3-13H,1-2H3,(H,23,28)(H,24,25,26,27). The van der Waals surface area contributed by atoms with Gasteiger partial charge in [-0.15, -0.1) is 0 Å². The summed E-state index contributed by atoms with van der Waals surface area (Å²) in [6.45, 7) is 3.77. The van der Waals surface area contributed by atoms with E-state index in [9.17, 15) is 4.79 Å². The van der Waals surface area contributed by atoms with Crippen LogP contribution in [0.3, 0.4) is 0 Å². The highest BCUT2D eigenvalue weighted by Crippen LogP contribution is 2.21. The van der Waals surface area contributed by atoms with Crippen molar-refractivity contribution >= 4 is 23.2 Å². The number of amides is 1. The summed E-state index contributed by atoms with van der Waals surface area (Å²) in [5.74, 6) is 1.73. The highest BCUT2D eigenvalue weighted by atomic mass is 16.5. The smallest absolute Gasteiger partial charge is 0.274 e. The predicted molar refractivity (Wildman–Crippen MR) is 111 cm³/mol. The van der Waals surface area contributed by atoms with Gasteiger partial charge in [-0.1, -0.05) is 47.6 Å². The Morgan fingerprint density at radius 3 is 2.45 bits per heavy atom. The highest BCUT2D eigenvalue weighted by molar-refractivity contribution is 6.03. The van der Waals surface area contributed by atoms with Gasteiger partial charge >= 0.3 is 0 Å². The lowest BCUT2D eigenvalue weighted by atomic mass is 10.2. The maximum Gasteiger partial charge on any atom is 0.274 e. The van der Waals surface area contributed by atoms with Crippen molar-refractivity contribution in [3.63, 3.8) is 0 Å². The van der Waals surface area contributed by atoms with Crippen LogP contribution < -0.4 is 10.6 Å². The number of aromatic nitrogens is 3. The fraction of sp³-hybridized carbons (Fsp3) is 0.0909.